The molecule has 25 heavy (non-hydrogen) atoms. The standard InChI is InChI=1S/C19H25NO5/c1-2-24-18(22)14-19(23)25-13-12-20-11-10-16(8-9-17(20)21)15-6-4-3-5-7-15/h3-7,16H,2,8-14H2,1H3. The second-order valence-electron chi connectivity index (χ2n) is 6.02. The summed E-state index contributed by atoms with van der Waals surface area (Å²) >= 11 is 0. The fourth-order valence-corrected chi connectivity index (χ4v) is 2.98. The molecule has 2 rings (SSSR count). The Labute approximate surface area is 148 Å². The Kier molecular flexibility index (Phi) is 7.44. The Morgan fingerprint density at radius 3 is 2.56 bits per heavy atom. The maximum absolute atomic E-state index is 12.2. The van der Waals surface area contributed by atoms with Crippen LogP contribution in [0.1, 0.15) is 44.1 Å². The van der Waals surface area contributed by atoms with Crippen LogP contribution in [0.25, 0.3) is 0 Å². The number of carbonyl (C=O) groups is 3. The monoisotopic (exact) mass is 347 g/mol. The Morgan fingerprint density at radius 1 is 1.12 bits per heavy atom. The molecule has 0 N–H and O–H groups in total. The van der Waals surface area contributed by atoms with E-state index in [4.69, 9.17) is 9.47 Å². The topological polar surface area (TPSA) is 72.9 Å². The third-order valence-corrected chi connectivity index (χ3v) is 4.30. The summed E-state index contributed by atoms with van der Waals surface area (Å²) < 4.78 is 9.72. The molecule has 0 aliphatic carbocycles. The Bertz CT molecular complexity index is 587. The van der Waals surface area contributed by atoms with Crippen LogP contribution < -0.4 is 0 Å². The lowest BCUT2D eigenvalue weighted by Gasteiger charge is -2.20. The maximum Gasteiger partial charge on any atom is 0.317 e. The van der Waals surface area contributed by atoms with Gasteiger partial charge < -0.3 is 14.4 Å². The number of carbonyl (C=O) groups excluding carboxylic acids is 3. The number of ether oxygens (including phenoxy) is 2. The van der Waals surface area contributed by atoms with E-state index < -0.39 is 18.4 Å². The van der Waals surface area contributed by atoms with Crippen LogP contribution in [-0.4, -0.2) is 49.0 Å². The molecular formula is C19H25NO5. The normalized spacial score (nSPS) is 17.7. The summed E-state index contributed by atoms with van der Waals surface area (Å²) in [5.41, 5.74) is 1.26. The molecule has 6 heteroatoms. The van der Waals surface area contributed by atoms with Gasteiger partial charge in [0.25, 0.3) is 0 Å². The zero-order valence-electron chi connectivity index (χ0n) is 14.6. The molecule has 1 atom stereocenters. The van der Waals surface area contributed by atoms with E-state index in [1.807, 2.05) is 18.2 Å². The molecular weight excluding hydrogens is 322 g/mol. The summed E-state index contributed by atoms with van der Waals surface area (Å²) in [6.07, 6.45) is 1.84. The van der Waals surface area contributed by atoms with Gasteiger partial charge in [0, 0.05) is 13.0 Å². The van der Waals surface area contributed by atoms with E-state index >= 15 is 0 Å². The maximum atomic E-state index is 12.2. The van der Waals surface area contributed by atoms with Crippen molar-refractivity contribution in [1.82, 2.24) is 4.90 Å². The lowest BCUT2D eigenvalue weighted by molar-refractivity contribution is -0.155. The van der Waals surface area contributed by atoms with Crippen LogP contribution in [0.3, 0.4) is 0 Å². The molecule has 1 aliphatic heterocycles. The first-order chi connectivity index (χ1) is 12.1. The van der Waals surface area contributed by atoms with E-state index in [-0.39, 0.29) is 19.1 Å². The summed E-state index contributed by atoms with van der Waals surface area (Å²) in [4.78, 5) is 36.7. The molecule has 6 nitrogen and oxygen atoms in total. The molecule has 1 unspecified atom stereocenters. The van der Waals surface area contributed by atoms with Crippen molar-refractivity contribution in [1.29, 1.82) is 0 Å². The van der Waals surface area contributed by atoms with Crippen LogP contribution in [0.5, 0.6) is 0 Å². The lowest BCUT2D eigenvalue weighted by Crippen LogP contribution is -2.34. The van der Waals surface area contributed by atoms with E-state index in [1.54, 1.807) is 11.8 Å². The minimum absolute atomic E-state index is 0.0832. The molecule has 1 heterocycles. The number of esters is 2. The lowest BCUT2D eigenvalue weighted by atomic mass is 9.92. The minimum Gasteiger partial charge on any atom is -0.466 e. The van der Waals surface area contributed by atoms with Crippen molar-refractivity contribution in [3.8, 4) is 0 Å². The quantitative estimate of drug-likeness (QED) is 0.559. The SMILES string of the molecule is CCOC(=O)CC(=O)OCCN1CCC(c2ccccc2)CCC1=O. The number of nitrogens with zero attached hydrogens (tertiary/aromatic N) is 1. The second kappa shape index (κ2) is 9.81. The Morgan fingerprint density at radius 2 is 1.84 bits per heavy atom. The smallest absolute Gasteiger partial charge is 0.317 e. The fourth-order valence-electron chi connectivity index (χ4n) is 2.98. The molecule has 1 saturated heterocycles. The first-order valence-electron chi connectivity index (χ1n) is 8.74. The summed E-state index contributed by atoms with van der Waals surface area (Å²) in [7, 11) is 0. The summed E-state index contributed by atoms with van der Waals surface area (Å²) in [5.74, 6) is -0.756. The van der Waals surface area contributed by atoms with Gasteiger partial charge in [-0.25, -0.2) is 0 Å². The highest BCUT2D eigenvalue weighted by molar-refractivity contribution is 5.91. The van der Waals surface area contributed by atoms with Crippen LogP contribution in [0.4, 0.5) is 0 Å². The first kappa shape index (κ1) is 19.0. The van der Waals surface area contributed by atoms with Crippen molar-refractivity contribution >= 4 is 17.8 Å². The Balaban J connectivity index is 1.76. The van der Waals surface area contributed by atoms with Gasteiger partial charge in [-0.2, -0.15) is 0 Å². The van der Waals surface area contributed by atoms with Gasteiger partial charge in [-0.15, -0.1) is 0 Å². The van der Waals surface area contributed by atoms with Crippen molar-refractivity contribution in [2.24, 2.45) is 0 Å². The number of benzene rings is 1. The molecule has 0 bridgehead atoms. The zero-order chi connectivity index (χ0) is 18.1. The van der Waals surface area contributed by atoms with Crippen LogP contribution in [0.15, 0.2) is 30.3 Å². The van der Waals surface area contributed by atoms with E-state index in [2.05, 4.69) is 12.1 Å². The molecule has 0 saturated carbocycles. The molecule has 1 aromatic rings. The van der Waals surface area contributed by atoms with Crippen molar-refractivity contribution in [3.05, 3.63) is 35.9 Å². The fraction of sp³-hybridized carbons (Fsp3) is 0.526. The molecule has 1 aliphatic rings. The molecule has 1 fully saturated rings. The molecule has 0 aromatic heterocycles. The van der Waals surface area contributed by atoms with Crippen molar-refractivity contribution in [2.45, 2.75) is 38.5 Å². The summed E-state index contributed by atoms with van der Waals surface area (Å²) in [6.45, 7) is 3.01. The molecule has 136 valence electrons. The predicted molar refractivity (Wildman–Crippen MR) is 91.8 cm³/mol. The number of likely N-dealkylation sites (tertiary alicyclic amines) is 1. The van der Waals surface area contributed by atoms with E-state index in [0.717, 1.165) is 12.8 Å². The van der Waals surface area contributed by atoms with Crippen LogP contribution in [0.2, 0.25) is 0 Å². The van der Waals surface area contributed by atoms with Gasteiger partial charge >= 0.3 is 11.9 Å². The predicted octanol–water partition coefficient (Wildman–Crippen LogP) is 2.28. The van der Waals surface area contributed by atoms with Crippen molar-refractivity contribution in [2.75, 3.05) is 26.3 Å². The molecule has 1 aromatic carbocycles. The van der Waals surface area contributed by atoms with Gasteiger partial charge in [0.2, 0.25) is 5.91 Å². The Hall–Kier alpha value is -2.37. The van der Waals surface area contributed by atoms with Gasteiger partial charge in [-0.05, 0) is 31.2 Å². The summed E-state index contributed by atoms with van der Waals surface area (Å²) in [5, 5.41) is 0. The number of hydrogen-bond acceptors (Lipinski definition) is 5. The van der Waals surface area contributed by atoms with Gasteiger partial charge in [0.1, 0.15) is 13.0 Å². The van der Waals surface area contributed by atoms with E-state index in [0.29, 0.717) is 25.4 Å². The largest absolute Gasteiger partial charge is 0.466 e. The number of rotatable bonds is 7. The first-order valence-corrected chi connectivity index (χ1v) is 8.74. The van der Waals surface area contributed by atoms with Crippen molar-refractivity contribution in [3.63, 3.8) is 0 Å². The van der Waals surface area contributed by atoms with Crippen LogP contribution in [0, 0.1) is 0 Å². The van der Waals surface area contributed by atoms with Gasteiger partial charge in [-0.3, -0.25) is 14.4 Å². The second-order valence-corrected chi connectivity index (χ2v) is 6.02. The minimum atomic E-state index is -0.622. The number of amides is 1. The highest BCUT2D eigenvalue weighted by Crippen LogP contribution is 2.28. The molecule has 1 amide bonds. The van der Waals surface area contributed by atoms with Crippen LogP contribution in [-0.2, 0) is 23.9 Å². The van der Waals surface area contributed by atoms with E-state index in [9.17, 15) is 14.4 Å². The van der Waals surface area contributed by atoms with Gasteiger partial charge in [0.05, 0.1) is 13.2 Å². The van der Waals surface area contributed by atoms with Crippen molar-refractivity contribution < 1.29 is 23.9 Å². The van der Waals surface area contributed by atoms with Gasteiger partial charge in [-0.1, -0.05) is 30.3 Å². The molecule has 0 spiro atoms. The highest BCUT2D eigenvalue weighted by Gasteiger charge is 2.23. The average molecular weight is 347 g/mol. The number of hydrogen-bond donors (Lipinski definition) is 0. The third kappa shape index (κ3) is 6.21. The highest BCUT2D eigenvalue weighted by atomic mass is 16.6. The molecule has 0 radical (unpaired) electrons. The third-order valence-electron chi connectivity index (χ3n) is 4.30. The summed E-state index contributed by atoms with van der Waals surface area (Å²) in [6, 6.07) is 10.2. The van der Waals surface area contributed by atoms with Gasteiger partial charge in [0.15, 0.2) is 0 Å². The van der Waals surface area contributed by atoms with E-state index in [1.165, 1.54) is 5.56 Å². The average Bonchev–Trinajstić information content (AvgIpc) is 2.78. The zero-order valence-corrected chi connectivity index (χ0v) is 14.6. The van der Waals surface area contributed by atoms with Crippen LogP contribution >= 0.6 is 0 Å².